The van der Waals surface area contributed by atoms with Crippen LogP contribution in [0.3, 0.4) is 0 Å². The average Bonchev–Trinajstić information content (AvgIpc) is 2.80. The van der Waals surface area contributed by atoms with Crippen molar-refractivity contribution in [3.8, 4) is 0 Å². The molecule has 3 heterocycles. The highest BCUT2D eigenvalue weighted by Crippen LogP contribution is 2.27. The molecule has 0 spiro atoms. The number of aliphatic hydroxyl groups is 1. The number of ether oxygens (including phenoxy) is 1. The molecular weight excluding hydrogens is 414 g/mol. The van der Waals surface area contributed by atoms with E-state index in [1.165, 1.54) is 16.8 Å². The van der Waals surface area contributed by atoms with Gasteiger partial charge in [-0.05, 0) is 61.6 Å². The molecule has 2 aromatic carbocycles. The SMILES string of the molecule is C[C@@H]1CN(c2ccc3c(c2)CCN(C[C@H](O)CN2CCc4ccccc4C2)C3=O)C[C@H](C)O1. The van der Waals surface area contributed by atoms with E-state index in [9.17, 15) is 9.90 Å². The summed E-state index contributed by atoms with van der Waals surface area (Å²) in [5, 5.41) is 10.8. The molecule has 0 aromatic heterocycles. The standard InChI is InChI=1S/C27H35N3O3/c1-19-14-30(15-20(2)33-19)24-7-8-26-22(13-24)10-12-29(27(26)32)18-25(31)17-28-11-9-21-5-3-4-6-23(21)16-28/h3-8,13,19-20,25,31H,9-12,14-18H2,1-2H3/t19-,20+,25-/m1/s1. The van der Waals surface area contributed by atoms with Crippen LogP contribution < -0.4 is 4.90 Å². The topological polar surface area (TPSA) is 56.2 Å². The van der Waals surface area contributed by atoms with Gasteiger partial charge in [0.15, 0.2) is 0 Å². The maximum atomic E-state index is 13.2. The molecule has 1 saturated heterocycles. The molecule has 0 radical (unpaired) electrons. The molecule has 0 unspecified atom stereocenters. The summed E-state index contributed by atoms with van der Waals surface area (Å²) in [5.74, 6) is 0.0366. The van der Waals surface area contributed by atoms with E-state index in [1.54, 1.807) is 0 Å². The van der Waals surface area contributed by atoms with Crippen molar-refractivity contribution in [3.05, 3.63) is 64.7 Å². The third kappa shape index (κ3) is 4.93. The molecule has 1 N–H and O–H groups in total. The first-order valence-corrected chi connectivity index (χ1v) is 12.3. The Morgan fingerprint density at radius 2 is 1.70 bits per heavy atom. The minimum Gasteiger partial charge on any atom is -0.390 e. The molecule has 33 heavy (non-hydrogen) atoms. The van der Waals surface area contributed by atoms with E-state index < -0.39 is 6.10 Å². The van der Waals surface area contributed by atoms with Gasteiger partial charge in [0.05, 0.1) is 18.3 Å². The van der Waals surface area contributed by atoms with Crippen LogP contribution in [0.5, 0.6) is 0 Å². The number of carbonyl (C=O) groups excluding carboxylic acids is 1. The lowest BCUT2D eigenvalue weighted by Gasteiger charge is -2.38. The van der Waals surface area contributed by atoms with Crippen molar-refractivity contribution in [1.29, 1.82) is 0 Å². The van der Waals surface area contributed by atoms with Gasteiger partial charge in [0.25, 0.3) is 5.91 Å². The highest BCUT2D eigenvalue weighted by Gasteiger charge is 2.29. The Bertz CT molecular complexity index is 1000. The van der Waals surface area contributed by atoms with Gasteiger partial charge < -0.3 is 19.6 Å². The van der Waals surface area contributed by atoms with Crippen LogP contribution in [-0.2, 0) is 24.1 Å². The lowest BCUT2D eigenvalue weighted by atomic mass is 9.97. The minimum absolute atomic E-state index is 0.0366. The van der Waals surface area contributed by atoms with Crippen LogP contribution >= 0.6 is 0 Å². The van der Waals surface area contributed by atoms with E-state index in [-0.39, 0.29) is 18.1 Å². The smallest absolute Gasteiger partial charge is 0.254 e. The number of anilines is 1. The summed E-state index contributed by atoms with van der Waals surface area (Å²) in [7, 11) is 0. The predicted octanol–water partition coefficient (Wildman–Crippen LogP) is 2.72. The van der Waals surface area contributed by atoms with Crippen molar-refractivity contribution in [1.82, 2.24) is 9.80 Å². The Balaban J connectivity index is 1.20. The number of hydrogen-bond donors (Lipinski definition) is 1. The number of amides is 1. The second kappa shape index (κ2) is 9.45. The van der Waals surface area contributed by atoms with E-state index in [0.717, 1.165) is 50.1 Å². The van der Waals surface area contributed by atoms with Crippen LogP contribution in [0, 0.1) is 0 Å². The highest BCUT2D eigenvalue weighted by molar-refractivity contribution is 5.97. The summed E-state index contributed by atoms with van der Waals surface area (Å²) >= 11 is 0. The van der Waals surface area contributed by atoms with Gasteiger partial charge in [0.1, 0.15) is 0 Å². The number of nitrogens with zero attached hydrogens (tertiary/aromatic N) is 3. The minimum atomic E-state index is -0.545. The maximum Gasteiger partial charge on any atom is 0.254 e. The fraction of sp³-hybridized carbons (Fsp3) is 0.519. The molecule has 0 aliphatic carbocycles. The van der Waals surface area contributed by atoms with Crippen molar-refractivity contribution in [3.63, 3.8) is 0 Å². The molecule has 5 rings (SSSR count). The molecule has 1 amide bonds. The third-order valence-electron chi connectivity index (χ3n) is 7.15. The maximum absolute atomic E-state index is 13.2. The quantitative estimate of drug-likeness (QED) is 0.761. The largest absolute Gasteiger partial charge is 0.390 e. The van der Waals surface area contributed by atoms with Crippen LogP contribution in [-0.4, -0.2) is 78.4 Å². The van der Waals surface area contributed by atoms with E-state index in [0.29, 0.717) is 19.6 Å². The molecule has 6 nitrogen and oxygen atoms in total. The third-order valence-corrected chi connectivity index (χ3v) is 7.15. The number of benzene rings is 2. The first-order valence-electron chi connectivity index (χ1n) is 12.3. The van der Waals surface area contributed by atoms with Crippen molar-refractivity contribution in [2.75, 3.05) is 44.2 Å². The summed E-state index contributed by atoms with van der Waals surface area (Å²) in [5.41, 5.74) is 5.81. The summed E-state index contributed by atoms with van der Waals surface area (Å²) in [6.45, 7) is 9.41. The molecule has 176 valence electrons. The van der Waals surface area contributed by atoms with Crippen molar-refractivity contribution in [2.45, 2.75) is 51.5 Å². The zero-order valence-corrected chi connectivity index (χ0v) is 19.7. The normalized spacial score (nSPS) is 24.4. The molecule has 0 saturated carbocycles. The zero-order chi connectivity index (χ0) is 22.9. The number of fused-ring (bicyclic) bond motifs is 2. The van der Waals surface area contributed by atoms with Gasteiger partial charge in [0, 0.05) is 57.1 Å². The van der Waals surface area contributed by atoms with E-state index >= 15 is 0 Å². The van der Waals surface area contributed by atoms with E-state index in [1.807, 2.05) is 11.0 Å². The van der Waals surface area contributed by atoms with Gasteiger partial charge in [-0.2, -0.15) is 0 Å². The Morgan fingerprint density at radius 3 is 2.48 bits per heavy atom. The zero-order valence-electron chi connectivity index (χ0n) is 19.7. The van der Waals surface area contributed by atoms with Crippen LogP contribution in [0.1, 0.15) is 40.9 Å². The van der Waals surface area contributed by atoms with Crippen molar-refractivity contribution in [2.24, 2.45) is 0 Å². The summed E-state index contributed by atoms with van der Waals surface area (Å²) in [6, 6.07) is 14.7. The molecule has 3 atom stereocenters. The summed E-state index contributed by atoms with van der Waals surface area (Å²) < 4.78 is 5.86. The molecule has 2 aromatic rings. The van der Waals surface area contributed by atoms with Gasteiger partial charge in [-0.3, -0.25) is 9.69 Å². The number of β-amino-alcohol motifs (C(OH)–C–C–N with tert-alkyl or cyclic N) is 1. The number of carbonyl (C=O) groups is 1. The van der Waals surface area contributed by atoms with E-state index in [4.69, 9.17) is 4.74 Å². The summed E-state index contributed by atoms with van der Waals surface area (Å²) in [4.78, 5) is 19.6. The number of aliphatic hydroxyl groups excluding tert-OH is 1. The molecule has 3 aliphatic heterocycles. The molecule has 3 aliphatic rings. The fourth-order valence-electron chi connectivity index (χ4n) is 5.60. The van der Waals surface area contributed by atoms with Gasteiger partial charge >= 0.3 is 0 Å². The Kier molecular flexibility index (Phi) is 6.41. The average molecular weight is 450 g/mol. The van der Waals surface area contributed by atoms with Gasteiger partial charge in [-0.25, -0.2) is 0 Å². The highest BCUT2D eigenvalue weighted by atomic mass is 16.5. The van der Waals surface area contributed by atoms with Crippen LogP contribution in [0.15, 0.2) is 42.5 Å². The fourth-order valence-corrected chi connectivity index (χ4v) is 5.60. The second-order valence-electron chi connectivity index (χ2n) is 9.91. The second-order valence-corrected chi connectivity index (χ2v) is 9.91. The van der Waals surface area contributed by atoms with Crippen LogP contribution in [0.2, 0.25) is 0 Å². The number of morpholine rings is 1. The monoisotopic (exact) mass is 449 g/mol. The van der Waals surface area contributed by atoms with E-state index in [2.05, 4.69) is 60.0 Å². The van der Waals surface area contributed by atoms with Gasteiger partial charge in [-0.15, -0.1) is 0 Å². The predicted molar refractivity (Wildman–Crippen MR) is 130 cm³/mol. The summed E-state index contributed by atoms with van der Waals surface area (Å²) in [6.07, 6.45) is 1.71. The Labute approximate surface area is 196 Å². The lowest BCUT2D eigenvalue weighted by molar-refractivity contribution is -0.00523. The number of rotatable bonds is 5. The first kappa shape index (κ1) is 22.4. The van der Waals surface area contributed by atoms with Gasteiger partial charge in [-0.1, -0.05) is 24.3 Å². The van der Waals surface area contributed by atoms with Crippen LogP contribution in [0.4, 0.5) is 5.69 Å². The van der Waals surface area contributed by atoms with Gasteiger partial charge in [0.2, 0.25) is 0 Å². The molecule has 0 bridgehead atoms. The van der Waals surface area contributed by atoms with Crippen molar-refractivity contribution >= 4 is 11.6 Å². The van der Waals surface area contributed by atoms with Crippen molar-refractivity contribution < 1.29 is 14.6 Å². The Morgan fingerprint density at radius 1 is 0.970 bits per heavy atom. The van der Waals surface area contributed by atoms with Crippen LogP contribution in [0.25, 0.3) is 0 Å². The number of hydrogen-bond acceptors (Lipinski definition) is 5. The molecule has 1 fully saturated rings. The molecule has 6 heteroatoms. The Hall–Kier alpha value is -2.41. The molecular formula is C27H35N3O3. The lowest BCUT2D eigenvalue weighted by Crippen LogP contribution is -2.47. The first-order chi connectivity index (χ1) is 16.0.